The van der Waals surface area contributed by atoms with Crippen LogP contribution in [0.15, 0.2) is 28.1 Å². The predicted octanol–water partition coefficient (Wildman–Crippen LogP) is 6.97. The monoisotopic (exact) mass is 377 g/mol. The van der Waals surface area contributed by atoms with E-state index in [2.05, 4.69) is 74.1 Å². The number of nitrogens with zero attached hydrogens (tertiary/aromatic N) is 1. The van der Waals surface area contributed by atoms with Crippen LogP contribution in [-0.4, -0.2) is 0 Å². The second-order valence-electron chi connectivity index (χ2n) is 6.03. The van der Waals surface area contributed by atoms with Crippen LogP contribution in [-0.2, 0) is 6.42 Å². The Labute approximate surface area is 147 Å². The van der Waals surface area contributed by atoms with E-state index >= 15 is 0 Å². The van der Waals surface area contributed by atoms with E-state index in [4.69, 9.17) is 0 Å². The Kier molecular flexibility index (Phi) is 7.85. The third kappa shape index (κ3) is 5.26. The van der Waals surface area contributed by atoms with Crippen molar-refractivity contribution in [2.24, 2.45) is 5.92 Å². The fourth-order valence-electron chi connectivity index (χ4n) is 2.04. The molecule has 1 heterocycles. The molecule has 0 aliphatic carbocycles. The van der Waals surface area contributed by atoms with Crippen LogP contribution in [0.4, 0.5) is 0 Å². The highest BCUT2D eigenvalue weighted by Gasteiger charge is 2.14. The molecule has 0 fully saturated rings. The highest BCUT2D eigenvalue weighted by Crippen LogP contribution is 2.38. The third-order valence-corrected chi connectivity index (χ3v) is 4.56. The van der Waals surface area contributed by atoms with E-state index in [1.54, 1.807) is 11.3 Å². The van der Waals surface area contributed by atoms with Crippen molar-refractivity contribution in [2.75, 3.05) is 0 Å². The van der Waals surface area contributed by atoms with Crippen LogP contribution in [0.5, 0.6) is 0 Å². The Morgan fingerprint density at radius 1 is 1.27 bits per heavy atom. The minimum absolute atomic E-state index is 0.762. The first-order chi connectivity index (χ1) is 10.4. The van der Waals surface area contributed by atoms with E-state index in [-0.39, 0.29) is 0 Å². The standard InChI is InChI=1S/C15H14BrNS.C4H10/c1-3-4-11-7-12(9-17)14(13(16)8-11)15-10(2)5-6-18-15;1-4(2)3/h5-8H,3-4H2,1-2H3;4H,1-3H3. The average molecular weight is 378 g/mol. The Bertz CT molecular complexity index is 647. The summed E-state index contributed by atoms with van der Waals surface area (Å²) in [5, 5.41) is 11.4. The topological polar surface area (TPSA) is 23.8 Å². The molecule has 2 aromatic rings. The van der Waals surface area contributed by atoms with Crippen molar-refractivity contribution in [3.8, 4) is 16.5 Å². The van der Waals surface area contributed by atoms with E-state index in [0.717, 1.165) is 34.4 Å². The van der Waals surface area contributed by atoms with Crippen molar-refractivity contribution in [1.82, 2.24) is 0 Å². The predicted molar refractivity (Wildman–Crippen MR) is 101 cm³/mol. The van der Waals surface area contributed by atoms with Gasteiger partial charge in [-0.1, -0.05) is 50.0 Å². The van der Waals surface area contributed by atoms with Crippen molar-refractivity contribution in [1.29, 1.82) is 5.26 Å². The van der Waals surface area contributed by atoms with Crippen LogP contribution in [0.25, 0.3) is 10.4 Å². The zero-order valence-electron chi connectivity index (χ0n) is 14.0. The number of aryl methyl sites for hydroxylation is 2. The van der Waals surface area contributed by atoms with Crippen LogP contribution >= 0.6 is 27.3 Å². The van der Waals surface area contributed by atoms with Gasteiger partial charge in [0, 0.05) is 14.9 Å². The highest BCUT2D eigenvalue weighted by molar-refractivity contribution is 9.10. The molecule has 0 saturated heterocycles. The molecule has 1 aromatic carbocycles. The maximum atomic E-state index is 9.36. The molecule has 0 amide bonds. The minimum atomic E-state index is 0.762. The maximum absolute atomic E-state index is 9.36. The summed E-state index contributed by atoms with van der Waals surface area (Å²) in [7, 11) is 0. The molecule has 0 radical (unpaired) electrons. The van der Waals surface area contributed by atoms with Gasteiger partial charge in [-0.05, 0) is 54.0 Å². The van der Waals surface area contributed by atoms with Crippen molar-refractivity contribution in [3.63, 3.8) is 0 Å². The Morgan fingerprint density at radius 3 is 2.36 bits per heavy atom. The molecule has 1 aromatic heterocycles. The maximum Gasteiger partial charge on any atom is 0.0999 e. The third-order valence-electron chi connectivity index (χ3n) is 2.90. The molecule has 0 aliphatic heterocycles. The number of hydrogen-bond acceptors (Lipinski definition) is 2. The molecule has 0 unspecified atom stereocenters. The van der Waals surface area contributed by atoms with Gasteiger partial charge >= 0.3 is 0 Å². The van der Waals surface area contributed by atoms with Crippen molar-refractivity contribution < 1.29 is 0 Å². The summed E-state index contributed by atoms with van der Waals surface area (Å²) in [5.74, 6) is 0.833. The summed E-state index contributed by atoms with van der Waals surface area (Å²) in [6, 6.07) is 8.57. The molecule has 118 valence electrons. The van der Waals surface area contributed by atoms with Gasteiger partial charge in [0.1, 0.15) is 0 Å². The Balaban J connectivity index is 0.000000541. The van der Waals surface area contributed by atoms with Gasteiger partial charge in [-0.3, -0.25) is 0 Å². The number of nitriles is 1. The van der Waals surface area contributed by atoms with Gasteiger partial charge in [-0.25, -0.2) is 0 Å². The quantitative estimate of drug-likeness (QED) is 0.566. The molecule has 0 atom stereocenters. The van der Waals surface area contributed by atoms with Gasteiger partial charge in [-0.2, -0.15) is 5.26 Å². The molecule has 22 heavy (non-hydrogen) atoms. The number of benzene rings is 1. The summed E-state index contributed by atoms with van der Waals surface area (Å²) in [5.41, 5.74) is 4.24. The summed E-state index contributed by atoms with van der Waals surface area (Å²) in [4.78, 5) is 1.18. The number of rotatable bonds is 3. The van der Waals surface area contributed by atoms with Crippen molar-refractivity contribution >= 4 is 27.3 Å². The SMILES string of the molecule is CC(C)C.CCCc1cc(Br)c(-c2sccc2C)c(C#N)c1. The first-order valence-corrected chi connectivity index (χ1v) is 9.34. The van der Waals surface area contributed by atoms with Crippen LogP contribution < -0.4 is 0 Å². The second kappa shape index (κ2) is 9.12. The lowest BCUT2D eigenvalue weighted by Crippen LogP contribution is -1.91. The van der Waals surface area contributed by atoms with Crippen LogP contribution in [0.3, 0.4) is 0 Å². The lowest BCUT2D eigenvalue weighted by atomic mass is 10.00. The van der Waals surface area contributed by atoms with Crippen molar-refractivity contribution in [2.45, 2.75) is 47.5 Å². The van der Waals surface area contributed by atoms with Gasteiger partial charge in [0.15, 0.2) is 0 Å². The molecule has 0 saturated carbocycles. The second-order valence-corrected chi connectivity index (χ2v) is 7.80. The van der Waals surface area contributed by atoms with Gasteiger partial charge < -0.3 is 0 Å². The largest absolute Gasteiger partial charge is 0.192 e. The Hall–Kier alpha value is -1.11. The highest BCUT2D eigenvalue weighted by atomic mass is 79.9. The summed E-state index contributed by atoms with van der Waals surface area (Å²) < 4.78 is 1.02. The summed E-state index contributed by atoms with van der Waals surface area (Å²) in [6.07, 6.45) is 2.10. The molecular formula is C19H24BrNS. The van der Waals surface area contributed by atoms with E-state index in [0.29, 0.717) is 0 Å². The van der Waals surface area contributed by atoms with E-state index in [1.165, 1.54) is 16.0 Å². The van der Waals surface area contributed by atoms with Crippen molar-refractivity contribution in [3.05, 3.63) is 44.7 Å². The molecule has 0 N–H and O–H groups in total. The number of thiophene rings is 1. The van der Waals surface area contributed by atoms with Gasteiger partial charge in [0.05, 0.1) is 11.6 Å². The fraction of sp³-hybridized carbons (Fsp3) is 0.421. The minimum Gasteiger partial charge on any atom is -0.192 e. The zero-order chi connectivity index (χ0) is 16.7. The molecule has 0 spiro atoms. The van der Waals surface area contributed by atoms with E-state index < -0.39 is 0 Å². The van der Waals surface area contributed by atoms with Crippen LogP contribution in [0.2, 0.25) is 0 Å². The summed E-state index contributed by atoms with van der Waals surface area (Å²) >= 11 is 5.30. The smallest absolute Gasteiger partial charge is 0.0999 e. The van der Waals surface area contributed by atoms with E-state index in [9.17, 15) is 5.26 Å². The zero-order valence-corrected chi connectivity index (χ0v) is 16.4. The molecule has 0 aliphatic rings. The molecular weight excluding hydrogens is 354 g/mol. The molecule has 1 nitrogen and oxygen atoms in total. The molecule has 3 heteroatoms. The summed E-state index contributed by atoms with van der Waals surface area (Å²) in [6.45, 7) is 10.7. The molecule has 2 rings (SSSR count). The average Bonchev–Trinajstić information content (AvgIpc) is 2.84. The normalized spacial score (nSPS) is 10.1. The number of halogens is 1. The van der Waals surface area contributed by atoms with Gasteiger partial charge in [0.2, 0.25) is 0 Å². The first-order valence-electron chi connectivity index (χ1n) is 7.67. The Morgan fingerprint density at radius 2 is 1.91 bits per heavy atom. The van der Waals surface area contributed by atoms with Crippen LogP contribution in [0, 0.1) is 24.2 Å². The van der Waals surface area contributed by atoms with E-state index in [1.807, 2.05) is 6.07 Å². The fourth-order valence-corrected chi connectivity index (χ4v) is 3.88. The van der Waals surface area contributed by atoms with Crippen LogP contribution in [0.1, 0.15) is 50.8 Å². The molecule has 0 bridgehead atoms. The lowest BCUT2D eigenvalue weighted by molar-refractivity contribution is 0.737. The van der Waals surface area contributed by atoms with Gasteiger partial charge in [-0.15, -0.1) is 11.3 Å². The number of hydrogen-bond donors (Lipinski definition) is 0. The first kappa shape index (κ1) is 18.9. The van der Waals surface area contributed by atoms with Gasteiger partial charge in [0.25, 0.3) is 0 Å². The lowest BCUT2D eigenvalue weighted by Gasteiger charge is -2.09.